The summed E-state index contributed by atoms with van der Waals surface area (Å²) >= 11 is 0. The molecule has 0 saturated heterocycles. The van der Waals surface area contributed by atoms with Gasteiger partial charge in [-0.1, -0.05) is 30.3 Å². The summed E-state index contributed by atoms with van der Waals surface area (Å²) in [5.41, 5.74) is 1.04. The molecule has 0 atom stereocenters. The van der Waals surface area contributed by atoms with Crippen LogP contribution in [0.25, 0.3) is 0 Å². The first-order chi connectivity index (χ1) is 23.5. The average Bonchev–Trinajstić information content (AvgIpc) is 2.99. The zero-order valence-electron chi connectivity index (χ0n) is 26.9. The lowest BCUT2D eigenvalue weighted by molar-refractivity contribution is 0.403. The van der Waals surface area contributed by atoms with Gasteiger partial charge < -0.3 is 4.74 Å². The first-order valence-corrected chi connectivity index (χ1v) is 24.5. The standard InChI is InChI=1S/C8H8ClFO4S2.2C7H6ClFO2S.C7H7ClO3S/c1-6-2-3-7(10)4-8(6)15(11,12)5-16(9,13)14;2*1-5-2-3-6(4-7(5)9)12(8,10)11;1-11-6-4-2-3-5-7(6)12(8,9)10/h2-4H,5H2,1H3;2*2-4H,1H3;2-5H,1H3. The summed E-state index contributed by atoms with van der Waals surface area (Å²) in [7, 11) is 1.71. The van der Waals surface area contributed by atoms with E-state index < -0.39 is 68.6 Å². The molecule has 52 heavy (non-hydrogen) atoms. The normalized spacial score (nSPS) is 11.8. The highest BCUT2D eigenvalue weighted by atomic mass is 35.7. The van der Waals surface area contributed by atoms with Crippen molar-refractivity contribution < 1.29 is 60.0 Å². The molecule has 0 spiro atoms. The summed E-state index contributed by atoms with van der Waals surface area (Å²) < 4.78 is 152. The van der Waals surface area contributed by atoms with E-state index in [2.05, 4.69) is 0 Å². The van der Waals surface area contributed by atoms with Crippen LogP contribution < -0.4 is 4.74 Å². The van der Waals surface area contributed by atoms with Crippen molar-refractivity contribution in [3.05, 3.63) is 113 Å². The molecule has 11 nitrogen and oxygen atoms in total. The number of para-hydroxylation sites is 1. The number of hydrogen-bond donors (Lipinski definition) is 0. The second kappa shape index (κ2) is 19.1. The number of methoxy groups -OCH3 is 1. The van der Waals surface area contributed by atoms with Gasteiger partial charge in [0.15, 0.2) is 14.9 Å². The predicted octanol–water partition coefficient (Wildman–Crippen LogP) is 7.18. The SMILES string of the molecule is COc1ccccc1S(=O)(=O)Cl.Cc1ccc(F)cc1S(=O)(=O)CS(=O)(=O)Cl.Cc1ccc(S(=O)(=O)Cl)cc1F.Cc1ccc(S(=O)(=O)Cl)cc1F. The minimum Gasteiger partial charge on any atom is -0.495 e. The minimum atomic E-state index is -4.20. The van der Waals surface area contributed by atoms with Gasteiger partial charge in [0.25, 0.3) is 27.2 Å². The smallest absolute Gasteiger partial charge is 0.264 e. The largest absolute Gasteiger partial charge is 0.495 e. The van der Waals surface area contributed by atoms with E-state index in [1.807, 2.05) is 0 Å². The quantitative estimate of drug-likeness (QED) is 0.172. The van der Waals surface area contributed by atoms with Crippen LogP contribution in [0.15, 0.2) is 98.4 Å². The number of sulfone groups is 1. The van der Waals surface area contributed by atoms with Crippen molar-refractivity contribution in [3.63, 3.8) is 0 Å². The average molecular weight is 911 g/mol. The molecule has 0 N–H and O–H groups in total. The van der Waals surface area contributed by atoms with E-state index in [9.17, 15) is 55.3 Å². The number of rotatable bonds is 7. The van der Waals surface area contributed by atoms with Crippen LogP contribution in [0.1, 0.15) is 16.7 Å². The van der Waals surface area contributed by atoms with E-state index in [-0.39, 0.29) is 30.9 Å². The Kier molecular flexibility index (Phi) is 17.4. The summed E-state index contributed by atoms with van der Waals surface area (Å²) in [6, 6.07) is 16.4. The van der Waals surface area contributed by atoms with Crippen LogP contribution in [0.3, 0.4) is 0 Å². The van der Waals surface area contributed by atoms with Crippen molar-refractivity contribution in [2.45, 2.75) is 40.4 Å². The van der Waals surface area contributed by atoms with Gasteiger partial charge in [0.2, 0.25) is 9.05 Å². The Balaban J connectivity index is 0.000000350. The Bertz CT molecular complexity index is 2390. The number of hydrogen-bond acceptors (Lipinski definition) is 11. The van der Waals surface area contributed by atoms with Crippen LogP contribution in [-0.2, 0) is 46.0 Å². The summed E-state index contributed by atoms with van der Waals surface area (Å²) in [5, 5.41) is -1.24. The van der Waals surface area contributed by atoms with Crippen LogP contribution >= 0.6 is 42.7 Å². The van der Waals surface area contributed by atoms with Crippen LogP contribution in [0.2, 0.25) is 0 Å². The van der Waals surface area contributed by atoms with E-state index >= 15 is 0 Å². The molecule has 0 heterocycles. The topological polar surface area (TPSA) is 180 Å². The monoisotopic (exact) mass is 908 g/mol. The Hall–Kier alpha value is -2.62. The molecule has 0 saturated carbocycles. The van der Waals surface area contributed by atoms with Gasteiger partial charge in [0.1, 0.15) is 28.1 Å². The maximum Gasteiger partial charge on any atom is 0.264 e. The van der Waals surface area contributed by atoms with Gasteiger partial charge in [0, 0.05) is 42.7 Å². The van der Waals surface area contributed by atoms with Crippen LogP contribution in [0.5, 0.6) is 5.75 Å². The fourth-order valence-electron chi connectivity index (χ4n) is 3.43. The van der Waals surface area contributed by atoms with Gasteiger partial charge >= 0.3 is 0 Å². The molecule has 23 heteroatoms. The molecule has 4 aromatic rings. The molecular weight excluding hydrogens is 883 g/mol. The lowest BCUT2D eigenvalue weighted by Crippen LogP contribution is -2.13. The summed E-state index contributed by atoms with van der Waals surface area (Å²) in [6.45, 7) is 4.52. The number of halogens is 7. The zero-order valence-corrected chi connectivity index (χ0v) is 34.0. The Morgan fingerprint density at radius 2 is 0.962 bits per heavy atom. The Morgan fingerprint density at radius 3 is 1.31 bits per heavy atom. The van der Waals surface area contributed by atoms with E-state index in [1.54, 1.807) is 26.0 Å². The third-order valence-corrected chi connectivity index (χ3v) is 14.3. The molecule has 4 aromatic carbocycles. The first kappa shape index (κ1) is 47.4. The predicted molar refractivity (Wildman–Crippen MR) is 192 cm³/mol. The van der Waals surface area contributed by atoms with Gasteiger partial charge in [-0.05, 0) is 86.0 Å². The van der Waals surface area contributed by atoms with Gasteiger partial charge in [0.05, 0.1) is 21.8 Å². The van der Waals surface area contributed by atoms with Gasteiger partial charge in [-0.25, -0.2) is 55.3 Å². The Morgan fingerprint density at radius 1 is 0.538 bits per heavy atom. The molecule has 0 aliphatic carbocycles. The van der Waals surface area contributed by atoms with Crippen molar-refractivity contribution in [3.8, 4) is 5.75 Å². The van der Waals surface area contributed by atoms with Gasteiger partial charge in [-0.2, -0.15) is 0 Å². The molecule has 288 valence electrons. The maximum absolute atomic E-state index is 12.9. The number of aryl methyl sites for hydroxylation is 3. The van der Waals surface area contributed by atoms with Crippen molar-refractivity contribution >= 4 is 88.8 Å². The minimum absolute atomic E-state index is 0.00540. The molecule has 0 unspecified atom stereocenters. The molecule has 0 aliphatic heterocycles. The van der Waals surface area contributed by atoms with Gasteiger partial charge in [-0.3, -0.25) is 0 Å². The van der Waals surface area contributed by atoms with E-state index in [0.29, 0.717) is 11.1 Å². The van der Waals surface area contributed by atoms with Crippen molar-refractivity contribution in [2.24, 2.45) is 0 Å². The molecule has 0 radical (unpaired) electrons. The number of ether oxygens (including phenoxy) is 1. The molecule has 4 rings (SSSR count). The van der Waals surface area contributed by atoms with Crippen molar-refractivity contribution in [1.82, 2.24) is 0 Å². The summed E-state index contributed by atoms with van der Waals surface area (Å²) in [4.78, 5) is -0.801. The third-order valence-electron chi connectivity index (χ3n) is 5.96. The molecule has 0 amide bonds. The van der Waals surface area contributed by atoms with Crippen LogP contribution in [0, 0.1) is 38.2 Å². The van der Waals surface area contributed by atoms with Crippen molar-refractivity contribution in [2.75, 3.05) is 12.2 Å². The molecule has 0 bridgehead atoms. The lowest BCUT2D eigenvalue weighted by Gasteiger charge is -2.05. The second-order valence-electron chi connectivity index (χ2n) is 9.97. The molecule has 0 aromatic heterocycles. The highest BCUT2D eigenvalue weighted by molar-refractivity contribution is 8.21. The van der Waals surface area contributed by atoms with Crippen LogP contribution in [-0.4, -0.2) is 54.3 Å². The highest BCUT2D eigenvalue weighted by Gasteiger charge is 2.24. The van der Waals surface area contributed by atoms with Crippen molar-refractivity contribution in [1.29, 1.82) is 0 Å². The summed E-state index contributed by atoms with van der Waals surface area (Å²) in [6.07, 6.45) is 0. The zero-order chi connectivity index (χ0) is 40.5. The highest BCUT2D eigenvalue weighted by Crippen LogP contribution is 2.26. The first-order valence-electron chi connectivity index (χ1n) is 13.4. The fourth-order valence-corrected chi connectivity index (χ4v) is 9.87. The van der Waals surface area contributed by atoms with Crippen LogP contribution in [0.4, 0.5) is 13.2 Å². The lowest BCUT2D eigenvalue weighted by atomic mass is 10.2. The van der Waals surface area contributed by atoms with E-state index in [0.717, 1.165) is 24.3 Å². The Labute approximate surface area is 317 Å². The van der Waals surface area contributed by atoms with Gasteiger partial charge in [-0.15, -0.1) is 0 Å². The molecule has 0 aliphatic rings. The fraction of sp³-hybridized carbons (Fsp3) is 0.172. The van der Waals surface area contributed by atoms with E-state index in [4.69, 9.17) is 47.5 Å². The second-order valence-corrected chi connectivity index (χ2v) is 22.7. The molecular formula is C29H27Cl4F3O11S5. The number of benzene rings is 4. The third kappa shape index (κ3) is 16.2. The maximum atomic E-state index is 12.9. The van der Waals surface area contributed by atoms with E-state index in [1.165, 1.54) is 56.5 Å². The summed E-state index contributed by atoms with van der Waals surface area (Å²) in [5.74, 6) is -1.64. The molecule has 0 fully saturated rings.